The molecule has 0 aromatic carbocycles. The van der Waals surface area contributed by atoms with Crippen molar-refractivity contribution < 1.29 is 23.9 Å². The molecule has 2 rings (SSSR count). The second-order valence-electron chi connectivity index (χ2n) is 9.09. The van der Waals surface area contributed by atoms with Crippen LogP contribution in [0.4, 0.5) is 4.79 Å². The van der Waals surface area contributed by atoms with Gasteiger partial charge in [0, 0.05) is 13.1 Å². The van der Waals surface area contributed by atoms with Crippen LogP contribution in [-0.2, 0) is 19.1 Å². The molecule has 2 aliphatic heterocycles. The van der Waals surface area contributed by atoms with E-state index >= 15 is 0 Å². The van der Waals surface area contributed by atoms with Crippen LogP contribution in [0.5, 0.6) is 0 Å². The fraction of sp³-hybridized carbons (Fsp3) is 0.880. The molecular weight excluding hydrogens is 408 g/mol. The first-order valence-corrected chi connectivity index (χ1v) is 13.0. The zero-order chi connectivity index (χ0) is 23.2. The van der Waals surface area contributed by atoms with E-state index in [0.717, 1.165) is 38.5 Å². The number of esters is 1. The van der Waals surface area contributed by atoms with Crippen molar-refractivity contribution in [2.45, 2.75) is 116 Å². The second-order valence-corrected chi connectivity index (χ2v) is 9.09. The maximum atomic E-state index is 13.4. The van der Waals surface area contributed by atoms with Gasteiger partial charge in [-0.3, -0.25) is 9.69 Å². The number of hydrogen-bond donors (Lipinski definition) is 0. The molecule has 184 valence electrons. The Morgan fingerprint density at radius 1 is 0.719 bits per heavy atom. The van der Waals surface area contributed by atoms with E-state index in [1.165, 1.54) is 38.5 Å². The monoisotopic (exact) mass is 452 g/mol. The lowest BCUT2D eigenvalue weighted by Gasteiger charge is -2.40. The quantitative estimate of drug-likeness (QED) is 0.305. The van der Waals surface area contributed by atoms with E-state index in [1.54, 1.807) is 16.7 Å². The molecule has 2 fully saturated rings. The summed E-state index contributed by atoms with van der Waals surface area (Å²) in [7, 11) is 0. The summed E-state index contributed by atoms with van der Waals surface area (Å²) in [5, 5.41) is 0. The third kappa shape index (κ3) is 8.28. The maximum absolute atomic E-state index is 13.4. The van der Waals surface area contributed by atoms with Gasteiger partial charge in [0.15, 0.2) is 0 Å². The Labute approximate surface area is 194 Å². The summed E-state index contributed by atoms with van der Waals surface area (Å²) in [5.74, 6) is -0.425. The lowest BCUT2D eigenvalue weighted by atomic mass is 9.97. The molecule has 2 saturated heterocycles. The Morgan fingerprint density at radius 2 is 1.31 bits per heavy atom. The Morgan fingerprint density at radius 3 is 1.97 bits per heavy atom. The van der Waals surface area contributed by atoms with E-state index in [2.05, 4.69) is 6.92 Å². The van der Waals surface area contributed by atoms with Gasteiger partial charge in [-0.1, -0.05) is 51.9 Å². The average molecular weight is 453 g/mol. The van der Waals surface area contributed by atoms with Gasteiger partial charge in [0.05, 0.1) is 13.2 Å². The van der Waals surface area contributed by atoms with Crippen LogP contribution in [0.1, 0.15) is 104 Å². The second kappa shape index (κ2) is 15.1. The van der Waals surface area contributed by atoms with Gasteiger partial charge in [0.2, 0.25) is 5.91 Å². The molecule has 32 heavy (non-hydrogen) atoms. The number of carbonyl (C=O) groups is 3. The van der Waals surface area contributed by atoms with Gasteiger partial charge in [0.25, 0.3) is 0 Å². The van der Waals surface area contributed by atoms with Gasteiger partial charge >= 0.3 is 12.1 Å². The molecule has 0 saturated carbocycles. The molecule has 2 atom stereocenters. The number of likely N-dealkylation sites (tertiary alicyclic amines) is 2. The first-order valence-electron chi connectivity index (χ1n) is 13.0. The van der Waals surface area contributed by atoms with Gasteiger partial charge < -0.3 is 14.4 Å². The van der Waals surface area contributed by atoms with Crippen molar-refractivity contribution >= 4 is 18.0 Å². The summed E-state index contributed by atoms with van der Waals surface area (Å²) in [6, 6.07) is -1.07. The first kappa shape index (κ1) is 26.5. The van der Waals surface area contributed by atoms with Gasteiger partial charge in [-0.05, 0) is 51.9 Å². The van der Waals surface area contributed by atoms with Crippen LogP contribution in [0.15, 0.2) is 0 Å². The lowest BCUT2D eigenvalue weighted by Crippen LogP contribution is -2.58. The number of nitrogens with zero attached hydrogens (tertiary/aromatic N) is 2. The number of unbranched alkanes of at least 4 members (excludes halogenated alkanes) is 7. The van der Waals surface area contributed by atoms with Crippen molar-refractivity contribution in [1.29, 1.82) is 0 Å². The fourth-order valence-electron chi connectivity index (χ4n) is 4.75. The minimum Gasteiger partial charge on any atom is -0.464 e. The molecule has 2 aliphatic rings. The maximum Gasteiger partial charge on any atom is 0.410 e. The topological polar surface area (TPSA) is 76.2 Å². The van der Waals surface area contributed by atoms with Crippen molar-refractivity contribution in [2.75, 3.05) is 26.3 Å². The number of amides is 2. The zero-order valence-corrected chi connectivity index (χ0v) is 20.3. The van der Waals surface area contributed by atoms with E-state index < -0.39 is 18.2 Å². The number of hydrogen-bond acceptors (Lipinski definition) is 5. The summed E-state index contributed by atoms with van der Waals surface area (Å²) < 4.78 is 10.7. The highest BCUT2D eigenvalue weighted by Crippen LogP contribution is 2.25. The lowest BCUT2D eigenvalue weighted by molar-refractivity contribution is -0.159. The van der Waals surface area contributed by atoms with E-state index in [-0.39, 0.29) is 18.5 Å². The minimum absolute atomic E-state index is 0.133. The van der Waals surface area contributed by atoms with Gasteiger partial charge in [-0.15, -0.1) is 0 Å². The van der Waals surface area contributed by atoms with Crippen molar-refractivity contribution in [3.63, 3.8) is 0 Å². The van der Waals surface area contributed by atoms with Gasteiger partial charge in [0.1, 0.15) is 12.1 Å². The molecule has 0 aromatic heterocycles. The Balaban J connectivity index is 1.82. The summed E-state index contributed by atoms with van der Waals surface area (Å²) in [4.78, 5) is 41.7. The molecule has 0 aliphatic carbocycles. The fourth-order valence-corrected chi connectivity index (χ4v) is 4.75. The van der Waals surface area contributed by atoms with E-state index in [0.29, 0.717) is 32.5 Å². The summed E-state index contributed by atoms with van der Waals surface area (Å²) >= 11 is 0. The third-order valence-corrected chi connectivity index (χ3v) is 6.59. The highest BCUT2D eigenvalue weighted by molar-refractivity contribution is 5.90. The summed E-state index contributed by atoms with van der Waals surface area (Å²) in [6.07, 6.45) is 13.9. The normalized spacial score (nSPS) is 21.3. The smallest absolute Gasteiger partial charge is 0.410 e. The van der Waals surface area contributed by atoms with Gasteiger partial charge in [-0.2, -0.15) is 0 Å². The summed E-state index contributed by atoms with van der Waals surface area (Å²) in [5.41, 5.74) is 0. The summed E-state index contributed by atoms with van der Waals surface area (Å²) in [6.45, 7) is 5.77. The Hall–Kier alpha value is -1.79. The SMILES string of the molecule is CCCCCCCCCCOC(=O)C1CCCCN1C(=O)C1CCCCN1C(=O)OCC. The standard InChI is InChI=1S/C25H44N2O5/c1-3-5-6-7-8-9-10-15-20-32-24(29)22-17-12-13-18-26(22)23(28)21-16-11-14-19-27(21)25(30)31-4-2/h21-22H,3-20H2,1-2H3. The molecule has 0 aromatic rings. The first-order chi connectivity index (χ1) is 15.6. The number of ether oxygens (including phenoxy) is 2. The van der Waals surface area contributed by atoms with Crippen molar-refractivity contribution in [3.05, 3.63) is 0 Å². The van der Waals surface area contributed by atoms with Crippen molar-refractivity contribution in [1.82, 2.24) is 9.80 Å². The van der Waals surface area contributed by atoms with Crippen molar-refractivity contribution in [2.24, 2.45) is 0 Å². The van der Waals surface area contributed by atoms with Crippen molar-refractivity contribution in [3.8, 4) is 0 Å². The molecule has 7 nitrogen and oxygen atoms in total. The van der Waals surface area contributed by atoms with Crippen LogP contribution < -0.4 is 0 Å². The third-order valence-electron chi connectivity index (χ3n) is 6.59. The average Bonchev–Trinajstić information content (AvgIpc) is 2.82. The Kier molecular flexibility index (Phi) is 12.5. The highest BCUT2D eigenvalue weighted by Gasteiger charge is 2.40. The van der Waals surface area contributed by atoms with Crippen LogP contribution >= 0.6 is 0 Å². The predicted octanol–water partition coefficient (Wildman–Crippen LogP) is 5.06. The van der Waals surface area contributed by atoms with Crippen LogP contribution in [0, 0.1) is 0 Å². The van der Waals surface area contributed by atoms with E-state index in [1.807, 2.05) is 0 Å². The molecule has 0 N–H and O–H groups in total. The molecule has 2 amide bonds. The Bertz CT molecular complexity index is 583. The molecule has 0 bridgehead atoms. The molecule has 0 spiro atoms. The number of rotatable bonds is 12. The highest BCUT2D eigenvalue weighted by atomic mass is 16.6. The number of carbonyl (C=O) groups excluding carboxylic acids is 3. The van der Waals surface area contributed by atoms with Gasteiger partial charge in [-0.25, -0.2) is 9.59 Å². The number of piperidine rings is 2. The van der Waals surface area contributed by atoms with Crippen LogP contribution in [-0.4, -0.2) is 66.2 Å². The van der Waals surface area contributed by atoms with E-state index in [4.69, 9.17) is 9.47 Å². The molecule has 2 heterocycles. The van der Waals surface area contributed by atoms with E-state index in [9.17, 15) is 14.4 Å². The molecular formula is C25H44N2O5. The molecule has 2 unspecified atom stereocenters. The minimum atomic E-state index is -0.538. The van der Waals surface area contributed by atoms with Crippen LogP contribution in [0.2, 0.25) is 0 Å². The predicted molar refractivity (Wildman–Crippen MR) is 124 cm³/mol. The van der Waals surface area contributed by atoms with Crippen LogP contribution in [0.3, 0.4) is 0 Å². The molecule has 7 heteroatoms. The zero-order valence-electron chi connectivity index (χ0n) is 20.3. The molecule has 0 radical (unpaired) electrons. The largest absolute Gasteiger partial charge is 0.464 e. The van der Waals surface area contributed by atoms with Crippen LogP contribution in [0.25, 0.3) is 0 Å².